The number of hydrogen-bond donors (Lipinski definition) is 1. The lowest BCUT2D eigenvalue weighted by atomic mass is 9.80. The standard InChI is InChI=1S/C14H26N2OS/c1-10(14(2,3)4)9-12(17)16-7-5-11(6-8-16)13(15)18/h10-11H,5-9H2,1-4H3,(H2,15,18). The van der Waals surface area contributed by atoms with Gasteiger partial charge in [-0.1, -0.05) is 39.9 Å². The summed E-state index contributed by atoms with van der Waals surface area (Å²) in [4.78, 5) is 14.8. The third-order valence-corrected chi connectivity index (χ3v) is 4.54. The Morgan fingerprint density at radius 2 is 1.89 bits per heavy atom. The van der Waals surface area contributed by atoms with E-state index < -0.39 is 0 Å². The molecule has 0 spiro atoms. The molecule has 18 heavy (non-hydrogen) atoms. The lowest BCUT2D eigenvalue weighted by Gasteiger charge is -2.34. The van der Waals surface area contributed by atoms with Gasteiger partial charge in [-0.2, -0.15) is 0 Å². The zero-order valence-electron chi connectivity index (χ0n) is 12.0. The fourth-order valence-corrected chi connectivity index (χ4v) is 2.35. The Labute approximate surface area is 116 Å². The van der Waals surface area contributed by atoms with Crippen LogP contribution in [0.25, 0.3) is 0 Å². The summed E-state index contributed by atoms with van der Waals surface area (Å²) in [5, 5.41) is 0. The van der Waals surface area contributed by atoms with Gasteiger partial charge in [-0.15, -0.1) is 0 Å². The van der Waals surface area contributed by atoms with Crippen LogP contribution in [0.2, 0.25) is 0 Å². The van der Waals surface area contributed by atoms with Crippen molar-refractivity contribution in [2.75, 3.05) is 13.1 Å². The fourth-order valence-electron chi connectivity index (χ4n) is 2.11. The summed E-state index contributed by atoms with van der Waals surface area (Å²) >= 11 is 5.01. The molecule has 3 nitrogen and oxygen atoms in total. The minimum atomic E-state index is 0.187. The van der Waals surface area contributed by atoms with Crippen LogP contribution >= 0.6 is 12.2 Å². The van der Waals surface area contributed by atoms with Crippen LogP contribution < -0.4 is 5.73 Å². The Bertz CT molecular complexity index is 314. The van der Waals surface area contributed by atoms with Crippen molar-refractivity contribution in [1.29, 1.82) is 0 Å². The second kappa shape index (κ2) is 6.00. The molecule has 104 valence electrons. The third kappa shape index (κ3) is 4.23. The van der Waals surface area contributed by atoms with Crippen LogP contribution in [0.3, 0.4) is 0 Å². The van der Waals surface area contributed by atoms with Gasteiger partial charge in [-0.25, -0.2) is 0 Å². The molecule has 0 aromatic heterocycles. The quantitative estimate of drug-likeness (QED) is 0.802. The van der Waals surface area contributed by atoms with E-state index in [0.29, 0.717) is 23.2 Å². The molecule has 0 radical (unpaired) electrons. The molecule has 1 aliphatic rings. The van der Waals surface area contributed by atoms with Gasteiger partial charge in [0.05, 0.1) is 4.99 Å². The molecule has 1 rings (SSSR count). The molecular formula is C14H26N2OS. The first-order valence-electron chi connectivity index (χ1n) is 6.79. The highest BCUT2D eigenvalue weighted by atomic mass is 32.1. The molecule has 1 atom stereocenters. The number of nitrogens with two attached hydrogens (primary N) is 1. The van der Waals surface area contributed by atoms with Crippen LogP contribution in [-0.4, -0.2) is 28.9 Å². The van der Waals surface area contributed by atoms with Gasteiger partial charge in [0.2, 0.25) is 5.91 Å². The molecule has 0 saturated carbocycles. The Morgan fingerprint density at radius 3 is 2.28 bits per heavy atom. The summed E-state index contributed by atoms with van der Waals surface area (Å²) in [6, 6.07) is 0. The number of thiocarbonyl (C=S) groups is 1. The number of carbonyl (C=O) groups is 1. The third-order valence-electron chi connectivity index (χ3n) is 4.21. The van der Waals surface area contributed by atoms with Crippen LogP contribution in [0.15, 0.2) is 0 Å². The number of carbonyl (C=O) groups excluding carboxylic acids is 1. The monoisotopic (exact) mass is 270 g/mol. The van der Waals surface area contributed by atoms with Gasteiger partial charge in [-0.05, 0) is 24.2 Å². The molecular weight excluding hydrogens is 244 g/mol. The maximum atomic E-state index is 12.2. The van der Waals surface area contributed by atoms with Crippen LogP contribution in [0, 0.1) is 17.3 Å². The van der Waals surface area contributed by atoms with E-state index in [2.05, 4.69) is 27.7 Å². The summed E-state index contributed by atoms with van der Waals surface area (Å²) in [6.45, 7) is 10.3. The maximum absolute atomic E-state index is 12.2. The molecule has 1 amide bonds. The van der Waals surface area contributed by atoms with Gasteiger partial charge in [0.25, 0.3) is 0 Å². The molecule has 2 N–H and O–H groups in total. The fraction of sp³-hybridized carbons (Fsp3) is 0.857. The van der Waals surface area contributed by atoms with Gasteiger partial charge in [-0.3, -0.25) is 4.79 Å². The average Bonchev–Trinajstić information content (AvgIpc) is 2.27. The van der Waals surface area contributed by atoms with Gasteiger partial charge >= 0.3 is 0 Å². The number of amides is 1. The van der Waals surface area contributed by atoms with Crippen molar-refractivity contribution in [2.24, 2.45) is 23.0 Å². The number of nitrogens with zero attached hydrogens (tertiary/aromatic N) is 1. The molecule has 1 heterocycles. The van der Waals surface area contributed by atoms with Crippen LogP contribution in [0.5, 0.6) is 0 Å². The number of rotatable bonds is 3. The number of likely N-dealkylation sites (tertiary alicyclic amines) is 1. The lowest BCUT2D eigenvalue weighted by Crippen LogP contribution is -2.42. The van der Waals surface area contributed by atoms with Crippen molar-refractivity contribution in [3.63, 3.8) is 0 Å². The minimum absolute atomic E-state index is 0.187. The Kier molecular flexibility index (Phi) is 5.14. The SMILES string of the molecule is CC(CC(=O)N1CCC(C(N)=S)CC1)C(C)(C)C. The van der Waals surface area contributed by atoms with Crippen LogP contribution in [0.4, 0.5) is 0 Å². The molecule has 1 saturated heterocycles. The first-order valence-corrected chi connectivity index (χ1v) is 7.19. The summed E-state index contributed by atoms with van der Waals surface area (Å²) < 4.78 is 0. The van der Waals surface area contributed by atoms with E-state index in [1.54, 1.807) is 0 Å². The molecule has 0 aliphatic carbocycles. The van der Waals surface area contributed by atoms with E-state index >= 15 is 0 Å². The van der Waals surface area contributed by atoms with E-state index in [1.807, 2.05) is 4.90 Å². The molecule has 0 aromatic rings. The zero-order chi connectivity index (χ0) is 13.9. The van der Waals surface area contributed by atoms with E-state index in [4.69, 9.17) is 18.0 Å². The number of piperidine rings is 1. The highest BCUT2D eigenvalue weighted by molar-refractivity contribution is 7.80. The molecule has 1 fully saturated rings. The Morgan fingerprint density at radius 1 is 1.39 bits per heavy atom. The Hall–Kier alpha value is -0.640. The van der Waals surface area contributed by atoms with Crippen molar-refractivity contribution in [2.45, 2.75) is 47.0 Å². The van der Waals surface area contributed by atoms with Crippen molar-refractivity contribution in [1.82, 2.24) is 4.90 Å². The van der Waals surface area contributed by atoms with Gasteiger partial charge in [0.15, 0.2) is 0 Å². The average molecular weight is 270 g/mol. The van der Waals surface area contributed by atoms with Crippen molar-refractivity contribution < 1.29 is 4.79 Å². The topological polar surface area (TPSA) is 46.3 Å². The first kappa shape index (κ1) is 15.4. The smallest absolute Gasteiger partial charge is 0.222 e. The zero-order valence-corrected chi connectivity index (χ0v) is 12.8. The van der Waals surface area contributed by atoms with E-state index in [0.717, 1.165) is 25.9 Å². The predicted octanol–water partition coefficient (Wildman–Crippen LogP) is 2.58. The molecule has 1 aliphatic heterocycles. The van der Waals surface area contributed by atoms with Gasteiger partial charge in [0.1, 0.15) is 0 Å². The summed E-state index contributed by atoms with van der Waals surface area (Å²) in [6.07, 6.45) is 2.48. The summed E-state index contributed by atoms with van der Waals surface area (Å²) in [5.74, 6) is 1.00. The predicted molar refractivity (Wildman–Crippen MR) is 79.3 cm³/mol. The second-order valence-corrected chi connectivity index (χ2v) is 7.00. The van der Waals surface area contributed by atoms with E-state index in [9.17, 15) is 4.79 Å². The minimum Gasteiger partial charge on any atom is -0.393 e. The van der Waals surface area contributed by atoms with Crippen molar-refractivity contribution in [3.8, 4) is 0 Å². The maximum Gasteiger partial charge on any atom is 0.222 e. The Balaban J connectivity index is 2.43. The molecule has 1 unspecified atom stereocenters. The van der Waals surface area contributed by atoms with Crippen molar-refractivity contribution in [3.05, 3.63) is 0 Å². The summed E-state index contributed by atoms with van der Waals surface area (Å²) in [7, 11) is 0. The number of hydrogen-bond acceptors (Lipinski definition) is 2. The molecule has 0 aromatic carbocycles. The van der Waals surface area contributed by atoms with E-state index in [1.165, 1.54) is 0 Å². The highest BCUT2D eigenvalue weighted by Crippen LogP contribution is 2.29. The molecule has 4 heteroatoms. The van der Waals surface area contributed by atoms with Gasteiger partial charge < -0.3 is 10.6 Å². The van der Waals surface area contributed by atoms with Crippen LogP contribution in [0.1, 0.15) is 47.0 Å². The normalized spacial score (nSPS) is 19.7. The first-order chi connectivity index (χ1) is 8.21. The van der Waals surface area contributed by atoms with Gasteiger partial charge in [0, 0.05) is 25.4 Å². The second-order valence-electron chi connectivity index (χ2n) is 6.53. The lowest BCUT2D eigenvalue weighted by molar-refractivity contribution is -0.134. The summed E-state index contributed by atoms with van der Waals surface area (Å²) in [5.41, 5.74) is 5.84. The largest absolute Gasteiger partial charge is 0.393 e. The van der Waals surface area contributed by atoms with Crippen molar-refractivity contribution >= 4 is 23.1 Å². The highest BCUT2D eigenvalue weighted by Gasteiger charge is 2.28. The van der Waals surface area contributed by atoms with E-state index in [-0.39, 0.29) is 11.3 Å². The van der Waals surface area contributed by atoms with Crippen LogP contribution in [-0.2, 0) is 4.79 Å². The molecule has 0 bridgehead atoms.